The van der Waals surface area contributed by atoms with E-state index in [4.69, 9.17) is 5.21 Å². The first-order valence-corrected chi connectivity index (χ1v) is 4.65. The van der Waals surface area contributed by atoms with E-state index < -0.39 is 17.9 Å². The molecule has 2 atom stereocenters. The summed E-state index contributed by atoms with van der Waals surface area (Å²) in [7, 11) is 0. The number of aliphatic imine (C=N–C) groups is 1. The molecule has 0 aliphatic carbocycles. The number of nitrogens with zero attached hydrogens (tertiary/aromatic N) is 2. The lowest BCUT2D eigenvalue weighted by molar-refractivity contribution is -0.133. The van der Waals surface area contributed by atoms with Gasteiger partial charge in [0.25, 0.3) is 5.91 Å². The van der Waals surface area contributed by atoms with E-state index in [-0.39, 0.29) is 0 Å². The molecular formula is C8H13N3O3. The summed E-state index contributed by atoms with van der Waals surface area (Å²) in [5.41, 5.74) is 1.56. The molecule has 2 unspecified atom stereocenters. The van der Waals surface area contributed by atoms with Crippen LogP contribution in [0.4, 0.5) is 0 Å². The van der Waals surface area contributed by atoms with Crippen molar-refractivity contribution in [3.63, 3.8) is 0 Å². The molecule has 2 rings (SSSR count). The lowest BCUT2D eigenvalue weighted by atomic mass is 10.0. The monoisotopic (exact) mass is 199 g/mol. The molecule has 14 heavy (non-hydrogen) atoms. The number of amidine groups is 1. The van der Waals surface area contributed by atoms with Crippen LogP contribution in [0, 0.1) is 5.92 Å². The first-order valence-electron chi connectivity index (χ1n) is 4.65. The standard InChI is InChI=1S/C8H13N3O3/c12-5-4-11-3-1-2-9-7(11)6(5)8(13)10-14/h5-6,12,14H,1-4H2,(H,10,13). The number of hydrogen-bond donors (Lipinski definition) is 3. The number of amides is 1. The minimum Gasteiger partial charge on any atom is -0.390 e. The average Bonchev–Trinajstić information content (AvgIpc) is 2.53. The molecule has 0 radical (unpaired) electrons. The molecule has 2 aliphatic rings. The quantitative estimate of drug-likeness (QED) is 0.357. The fraction of sp³-hybridized carbons (Fsp3) is 0.750. The van der Waals surface area contributed by atoms with E-state index in [1.165, 1.54) is 0 Å². The van der Waals surface area contributed by atoms with Gasteiger partial charge in [0.15, 0.2) is 0 Å². The predicted octanol–water partition coefficient (Wildman–Crippen LogP) is -1.41. The number of aliphatic hydroxyl groups excluding tert-OH is 1. The van der Waals surface area contributed by atoms with Gasteiger partial charge < -0.3 is 10.0 Å². The second-order valence-electron chi connectivity index (χ2n) is 3.56. The summed E-state index contributed by atoms with van der Waals surface area (Å²) in [4.78, 5) is 17.4. The molecule has 0 spiro atoms. The van der Waals surface area contributed by atoms with Gasteiger partial charge in [-0.05, 0) is 6.42 Å². The van der Waals surface area contributed by atoms with E-state index in [2.05, 4.69) is 4.99 Å². The number of fused-ring (bicyclic) bond motifs is 1. The van der Waals surface area contributed by atoms with Crippen LogP contribution in [0.2, 0.25) is 0 Å². The molecule has 0 aromatic heterocycles. The number of rotatable bonds is 1. The second-order valence-corrected chi connectivity index (χ2v) is 3.56. The molecule has 2 aliphatic heterocycles. The van der Waals surface area contributed by atoms with Crippen LogP contribution in [0.1, 0.15) is 6.42 Å². The Morgan fingerprint density at radius 1 is 1.64 bits per heavy atom. The smallest absolute Gasteiger partial charge is 0.256 e. The molecule has 1 fully saturated rings. The van der Waals surface area contributed by atoms with E-state index in [0.717, 1.165) is 13.0 Å². The van der Waals surface area contributed by atoms with Crippen LogP contribution in [0.25, 0.3) is 0 Å². The fourth-order valence-electron chi connectivity index (χ4n) is 2.01. The van der Waals surface area contributed by atoms with Crippen LogP contribution in [-0.2, 0) is 4.79 Å². The zero-order valence-corrected chi connectivity index (χ0v) is 7.68. The number of hydrogen-bond acceptors (Lipinski definition) is 5. The average molecular weight is 199 g/mol. The van der Waals surface area contributed by atoms with Crippen molar-refractivity contribution in [1.82, 2.24) is 10.4 Å². The topological polar surface area (TPSA) is 85.2 Å². The Morgan fingerprint density at radius 3 is 3.14 bits per heavy atom. The van der Waals surface area contributed by atoms with Crippen molar-refractivity contribution in [2.75, 3.05) is 19.6 Å². The summed E-state index contributed by atoms with van der Waals surface area (Å²) in [6.45, 7) is 1.94. The minimum atomic E-state index is -0.765. The normalized spacial score (nSPS) is 31.0. The van der Waals surface area contributed by atoms with Crippen LogP contribution in [0.5, 0.6) is 0 Å². The van der Waals surface area contributed by atoms with Crippen molar-refractivity contribution < 1.29 is 15.1 Å². The van der Waals surface area contributed by atoms with E-state index in [0.29, 0.717) is 18.9 Å². The van der Waals surface area contributed by atoms with Gasteiger partial charge in [0.2, 0.25) is 0 Å². The van der Waals surface area contributed by atoms with Crippen molar-refractivity contribution in [2.24, 2.45) is 10.9 Å². The third kappa shape index (κ3) is 1.36. The lowest BCUT2D eigenvalue weighted by Crippen LogP contribution is -2.40. The molecule has 0 aromatic carbocycles. The highest BCUT2D eigenvalue weighted by molar-refractivity contribution is 6.05. The third-order valence-electron chi connectivity index (χ3n) is 2.65. The molecule has 3 N–H and O–H groups in total. The molecule has 1 saturated heterocycles. The van der Waals surface area contributed by atoms with E-state index >= 15 is 0 Å². The van der Waals surface area contributed by atoms with Crippen molar-refractivity contribution in [3.05, 3.63) is 0 Å². The Labute approximate surface area is 81.2 Å². The van der Waals surface area contributed by atoms with Gasteiger partial charge in [-0.1, -0.05) is 0 Å². The van der Waals surface area contributed by atoms with Gasteiger partial charge in [0.05, 0.1) is 6.10 Å². The minimum absolute atomic E-state index is 0.428. The summed E-state index contributed by atoms with van der Waals surface area (Å²) in [5, 5.41) is 18.1. The van der Waals surface area contributed by atoms with Gasteiger partial charge in [-0.3, -0.25) is 15.0 Å². The predicted molar refractivity (Wildman–Crippen MR) is 47.9 cm³/mol. The molecular weight excluding hydrogens is 186 g/mol. The summed E-state index contributed by atoms with van der Waals surface area (Å²) < 4.78 is 0. The zero-order chi connectivity index (χ0) is 10.1. The molecule has 6 heteroatoms. The number of hydroxylamine groups is 1. The molecule has 0 aromatic rings. The third-order valence-corrected chi connectivity index (χ3v) is 2.65. The van der Waals surface area contributed by atoms with Gasteiger partial charge in [-0.15, -0.1) is 0 Å². The van der Waals surface area contributed by atoms with Gasteiger partial charge >= 0.3 is 0 Å². The first-order chi connectivity index (χ1) is 6.74. The van der Waals surface area contributed by atoms with Crippen molar-refractivity contribution in [3.8, 4) is 0 Å². The Hall–Kier alpha value is -1.14. The Balaban J connectivity index is 2.22. The first kappa shape index (κ1) is 9.42. The van der Waals surface area contributed by atoms with E-state index in [1.54, 1.807) is 5.48 Å². The number of aliphatic hydroxyl groups is 1. The van der Waals surface area contributed by atoms with E-state index in [1.807, 2.05) is 4.90 Å². The van der Waals surface area contributed by atoms with Gasteiger partial charge in [-0.25, -0.2) is 5.48 Å². The van der Waals surface area contributed by atoms with Gasteiger partial charge in [-0.2, -0.15) is 0 Å². The maximum atomic E-state index is 11.3. The Kier molecular flexibility index (Phi) is 2.39. The van der Waals surface area contributed by atoms with Crippen LogP contribution in [0.15, 0.2) is 4.99 Å². The molecule has 6 nitrogen and oxygen atoms in total. The zero-order valence-electron chi connectivity index (χ0n) is 7.68. The Morgan fingerprint density at radius 2 is 2.43 bits per heavy atom. The SMILES string of the molecule is O=C(NO)C1C2=NCCCN2CC1O. The second kappa shape index (κ2) is 3.55. The highest BCUT2D eigenvalue weighted by Crippen LogP contribution is 2.23. The number of nitrogens with one attached hydrogen (secondary N) is 1. The maximum absolute atomic E-state index is 11.3. The molecule has 1 amide bonds. The molecule has 2 heterocycles. The van der Waals surface area contributed by atoms with Crippen molar-refractivity contribution >= 4 is 11.7 Å². The summed E-state index contributed by atoms with van der Waals surface area (Å²) >= 11 is 0. The van der Waals surface area contributed by atoms with Crippen LogP contribution in [0.3, 0.4) is 0 Å². The van der Waals surface area contributed by atoms with Crippen LogP contribution < -0.4 is 5.48 Å². The van der Waals surface area contributed by atoms with Gasteiger partial charge in [0, 0.05) is 19.6 Å². The molecule has 0 saturated carbocycles. The van der Waals surface area contributed by atoms with Crippen LogP contribution >= 0.6 is 0 Å². The van der Waals surface area contributed by atoms with Crippen molar-refractivity contribution in [2.45, 2.75) is 12.5 Å². The fourth-order valence-corrected chi connectivity index (χ4v) is 2.01. The Bertz CT molecular complexity index is 279. The van der Waals surface area contributed by atoms with Crippen molar-refractivity contribution in [1.29, 1.82) is 0 Å². The summed E-state index contributed by atoms with van der Waals surface area (Å²) in [6.07, 6.45) is 0.183. The van der Waals surface area contributed by atoms with Crippen LogP contribution in [-0.4, -0.2) is 52.7 Å². The number of carbonyl (C=O) groups is 1. The number of carbonyl (C=O) groups excluding carboxylic acids is 1. The summed E-state index contributed by atoms with van der Waals surface area (Å²) in [6, 6.07) is 0. The highest BCUT2D eigenvalue weighted by atomic mass is 16.5. The summed E-state index contributed by atoms with van der Waals surface area (Å²) in [5.74, 6) is -0.684. The molecule has 78 valence electrons. The largest absolute Gasteiger partial charge is 0.390 e. The van der Waals surface area contributed by atoms with E-state index in [9.17, 15) is 9.90 Å². The highest BCUT2D eigenvalue weighted by Gasteiger charge is 2.42. The maximum Gasteiger partial charge on any atom is 0.256 e. The van der Waals surface area contributed by atoms with Gasteiger partial charge in [0.1, 0.15) is 11.8 Å². The molecule has 0 bridgehead atoms. The lowest BCUT2D eigenvalue weighted by Gasteiger charge is -2.23.